The molecule has 112 valence electrons. The number of rotatable bonds is 5. The van der Waals surface area contributed by atoms with E-state index in [1.165, 1.54) is 6.33 Å². The molecular formula is C15H18Cl2N4. The van der Waals surface area contributed by atoms with Crippen LogP contribution in [0.3, 0.4) is 0 Å². The summed E-state index contributed by atoms with van der Waals surface area (Å²) in [5.41, 5.74) is 2.72. The van der Waals surface area contributed by atoms with E-state index in [1.807, 2.05) is 26.1 Å². The molecule has 0 saturated heterocycles. The molecule has 1 aromatic carbocycles. The minimum Gasteiger partial charge on any atom is -0.373 e. The van der Waals surface area contributed by atoms with Gasteiger partial charge in [0.2, 0.25) is 0 Å². The molecule has 0 aliphatic carbocycles. The van der Waals surface area contributed by atoms with Crippen molar-refractivity contribution in [2.24, 2.45) is 0 Å². The van der Waals surface area contributed by atoms with Crippen LogP contribution in [0.15, 0.2) is 18.5 Å². The number of anilines is 3. The van der Waals surface area contributed by atoms with Crippen LogP contribution in [0.5, 0.6) is 0 Å². The maximum atomic E-state index is 6.27. The second-order valence-corrected chi connectivity index (χ2v) is 5.57. The summed E-state index contributed by atoms with van der Waals surface area (Å²) in [7, 11) is 1.85. The van der Waals surface area contributed by atoms with E-state index in [-0.39, 0.29) is 0 Å². The lowest BCUT2D eigenvalue weighted by Gasteiger charge is -2.15. The molecule has 0 aliphatic heterocycles. The highest BCUT2D eigenvalue weighted by atomic mass is 35.5. The fraction of sp³-hybridized carbons (Fsp3) is 0.333. The van der Waals surface area contributed by atoms with Crippen molar-refractivity contribution < 1.29 is 0 Å². The quantitative estimate of drug-likeness (QED) is 0.827. The highest BCUT2D eigenvalue weighted by Crippen LogP contribution is 2.32. The molecule has 2 aromatic rings. The first-order chi connectivity index (χ1) is 10.1. The monoisotopic (exact) mass is 324 g/mol. The zero-order chi connectivity index (χ0) is 15.4. The van der Waals surface area contributed by atoms with Crippen molar-refractivity contribution >= 4 is 40.5 Å². The molecule has 1 aromatic heterocycles. The second-order valence-electron chi connectivity index (χ2n) is 4.76. The van der Waals surface area contributed by atoms with Crippen LogP contribution in [-0.2, 0) is 6.42 Å². The number of hydrogen-bond donors (Lipinski definition) is 2. The molecule has 0 saturated carbocycles. The first kappa shape index (κ1) is 15.9. The molecule has 0 atom stereocenters. The molecule has 0 spiro atoms. The fourth-order valence-corrected chi connectivity index (χ4v) is 2.52. The molecule has 4 nitrogen and oxygen atoms in total. The van der Waals surface area contributed by atoms with Crippen molar-refractivity contribution in [3.63, 3.8) is 0 Å². The van der Waals surface area contributed by atoms with Gasteiger partial charge in [0.25, 0.3) is 0 Å². The van der Waals surface area contributed by atoms with Crippen LogP contribution in [0.1, 0.15) is 24.5 Å². The molecule has 0 radical (unpaired) electrons. The van der Waals surface area contributed by atoms with Gasteiger partial charge in [0.15, 0.2) is 0 Å². The average Bonchev–Trinajstić information content (AvgIpc) is 2.46. The van der Waals surface area contributed by atoms with Gasteiger partial charge in [-0.2, -0.15) is 0 Å². The van der Waals surface area contributed by atoms with Gasteiger partial charge in [0, 0.05) is 17.6 Å². The Hall–Kier alpha value is -1.52. The Labute approximate surface area is 134 Å². The van der Waals surface area contributed by atoms with Crippen molar-refractivity contribution in [3.05, 3.63) is 39.6 Å². The molecule has 0 bridgehead atoms. The third-order valence-corrected chi connectivity index (χ3v) is 3.90. The molecule has 21 heavy (non-hydrogen) atoms. The zero-order valence-electron chi connectivity index (χ0n) is 12.3. The van der Waals surface area contributed by atoms with E-state index in [1.54, 1.807) is 0 Å². The SMILES string of the molecule is CCCc1c(NC)ncnc1Nc1cc(Cl)c(C)cc1Cl. The summed E-state index contributed by atoms with van der Waals surface area (Å²) in [6.45, 7) is 4.04. The molecule has 0 unspecified atom stereocenters. The van der Waals surface area contributed by atoms with Crippen LogP contribution in [-0.4, -0.2) is 17.0 Å². The third-order valence-electron chi connectivity index (χ3n) is 3.18. The van der Waals surface area contributed by atoms with Crippen molar-refractivity contribution in [1.82, 2.24) is 9.97 Å². The van der Waals surface area contributed by atoms with Crippen LogP contribution in [0.25, 0.3) is 0 Å². The summed E-state index contributed by atoms with van der Waals surface area (Å²) in [4.78, 5) is 8.58. The minimum absolute atomic E-state index is 0.615. The molecule has 0 amide bonds. The molecule has 6 heteroatoms. The molecular weight excluding hydrogens is 307 g/mol. The number of nitrogens with one attached hydrogen (secondary N) is 2. The van der Waals surface area contributed by atoms with Gasteiger partial charge >= 0.3 is 0 Å². The van der Waals surface area contributed by atoms with E-state index < -0.39 is 0 Å². The molecule has 2 N–H and O–H groups in total. The number of aryl methyl sites for hydroxylation is 1. The van der Waals surface area contributed by atoms with Crippen molar-refractivity contribution in [3.8, 4) is 0 Å². The summed E-state index contributed by atoms with van der Waals surface area (Å²) in [6, 6.07) is 3.65. The van der Waals surface area contributed by atoms with Gasteiger partial charge < -0.3 is 10.6 Å². The highest BCUT2D eigenvalue weighted by molar-refractivity contribution is 6.35. The van der Waals surface area contributed by atoms with E-state index in [4.69, 9.17) is 23.2 Å². The van der Waals surface area contributed by atoms with Crippen molar-refractivity contribution in [2.45, 2.75) is 26.7 Å². The average molecular weight is 325 g/mol. The van der Waals surface area contributed by atoms with Gasteiger partial charge in [-0.3, -0.25) is 0 Å². The second kappa shape index (κ2) is 6.96. The van der Waals surface area contributed by atoms with Gasteiger partial charge in [-0.1, -0.05) is 36.5 Å². The Morgan fingerprint density at radius 3 is 2.48 bits per heavy atom. The summed E-state index contributed by atoms with van der Waals surface area (Å²) in [5, 5.41) is 7.64. The normalized spacial score (nSPS) is 10.5. The maximum absolute atomic E-state index is 6.27. The van der Waals surface area contributed by atoms with Crippen molar-refractivity contribution in [2.75, 3.05) is 17.7 Å². The zero-order valence-corrected chi connectivity index (χ0v) is 13.8. The Morgan fingerprint density at radius 1 is 1.10 bits per heavy atom. The summed E-state index contributed by atoms with van der Waals surface area (Å²) in [5.74, 6) is 1.57. The smallest absolute Gasteiger partial charge is 0.139 e. The first-order valence-electron chi connectivity index (χ1n) is 6.81. The lowest BCUT2D eigenvalue weighted by Crippen LogP contribution is -2.06. The highest BCUT2D eigenvalue weighted by Gasteiger charge is 2.12. The van der Waals surface area contributed by atoms with Gasteiger partial charge in [-0.15, -0.1) is 0 Å². The van der Waals surface area contributed by atoms with E-state index in [0.29, 0.717) is 10.0 Å². The molecule has 0 aliphatic rings. The Kier molecular flexibility index (Phi) is 5.26. The predicted octanol–water partition coefficient (Wildman–Crippen LogP) is 4.83. The largest absolute Gasteiger partial charge is 0.373 e. The van der Waals surface area contributed by atoms with E-state index in [0.717, 1.165) is 41.3 Å². The third kappa shape index (κ3) is 3.57. The number of halogens is 2. The Balaban J connectivity index is 2.42. The summed E-state index contributed by atoms with van der Waals surface area (Å²) < 4.78 is 0. The fourth-order valence-electron chi connectivity index (χ4n) is 2.09. The molecule has 0 fully saturated rings. The van der Waals surface area contributed by atoms with Crippen LogP contribution in [0, 0.1) is 6.92 Å². The predicted molar refractivity (Wildman–Crippen MR) is 90.1 cm³/mol. The van der Waals surface area contributed by atoms with Gasteiger partial charge in [-0.05, 0) is 31.0 Å². The molecule has 1 heterocycles. The number of nitrogens with zero attached hydrogens (tertiary/aromatic N) is 2. The lowest BCUT2D eigenvalue weighted by atomic mass is 10.1. The maximum Gasteiger partial charge on any atom is 0.139 e. The Morgan fingerprint density at radius 2 is 1.81 bits per heavy atom. The number of benzene rings is 1. The lowest BCUT2D eigenvalue weighted by molar-refractivity contribution is 0.905. The van der Waals surface area contributed by atoms with Gasteiger partial charge in [-0.25, -0.2) is 9.97 Å². The van der Waals surface area contributed by atoms with E-state index in [9.17, 15) is 0 Å². The first-order valence-corrected chi connectivity index (χ1v) is 7.56. The van der Waals surface area contributed by atoms with E-state index >= 15 is 0 Å². The Bertz CT molecular complexity index is 644. The minimum atomic E-state index is 0.615. The van der Waals surface area contributed by atoms with Crippen LogP contribution < -0.4 is 10.6 Å². The molecule has 2 rings (SSSR count). The van der Waals surface area contributed by atoms with Crippen molar-refractivity contribution in [1.29, 1.82) is 0 Å². The standard InChI is InChI=1S/C15H18Cl2N4/c1-4-5-10-14(18-3)19-8-20-15(10)21-13-7-11(16)9(2)6-12(13)17/h6-8H,4-5H2,1-3H3,(H2,18,19,20,21). The van der Waals surface area contributed by atoms with E-state index in [2.05, 4.69) is 27.5 Å². The van der Waals surface area contributed by atoms with Gasteiger partial charge in [0.05, 0.1) is 10.7 Å². The van der Waals surface area contributed by atoms with Crippen LogP contribution >= 0.6 is 23.2 Å². The number of aromatic nitrogens is 2. The van der Waals surface area contributed by atoms with Gasteiger partial charge in [0.1, 0.15) is 18.0 Å². The summed E-state index contributed by atoms with van der Waals surface area (Å²) >= 11 is 12.4. The topological polar surface area (TPSA) is 49.8 Å². The number of hydrogen-bond acceptors (Lipinski definition) is 4. The van der Waals surface area contributed by atoms with Crippen LogP contribution in [0.2, 0.25) is 10.0 Å². The van der Waals surface area contributed by atoms with Crippen LogP contribution in [0.4, 0.5) is 17.3 Å². The summed E-state index contributed by atoms with van der Waals surface area (Å²) in [6.07, 6.45) is 3.40.